The molecular formula is C8H16Na2O11. The van der Waals surface area contributed by atoms with E-state index in [2.05, 4.69) is 0 Å². The van der Waals surface area contributed by atoms with Crippen LogP contribution in [0.2, 0.25) is 0 Å². The Morgan fingerprint density at radius 3 is 0.905 bits per heavy atom. The van der Waals surface area contributed by atoms with Crippen LogP contribution in [-0.2, 0) is 19.2 Å². The van der Waals surface area contributed by atoms with E-state index in [0.29, 0.717) is 0 Å². The third kappa shape index (κ3) is 25.1. The SMILES string of the molecule is O.O=C(O)CC(O)C(=O)O.O=C(O)CC(O)C(=O)O.[NaH].[NaH]. The van der Waals surface area contributed by atoms with E-state index in [4.69, 9.17) is 30.6 Å². The Labute approximate surface area is 162 Å². The normalized spacial score (nSPS) is 10.8. The van der Waals surface area contributed by atoms with Gasteiger partial charge in [0.1, 0.15) is 0 Å². The van der Waals surface area contributed by atoms with Crippen LogP contribution in [0.25, 0.3) is 0 Å². The van der Waals surface area contributed by atoms with Crippen LogP contribution >= 0.6 is 0 Å². The molecule has 8 N–H and O–H groups in total. The zero-order chi connectivity index (χ0) is 14.9. The van der Waals surface area contributed by atoms with Crippen LogP contribution < -0.4 is 0 Å². The molecule has 0 radical (unpaired) electrons. The minimum absolute atomic E-state index is 0. The summed E-state index contributed by atoms with van der Waals surface area (Å²) in [6.07, 6.45) is -5.09. The van der Waals surface area contributed by atoms with E-state index in [9.17, 15) is 19.2 Å². The summed E-state index contributed by atoms with van der Waals surface area (Å²) in [6, 6.07) is 0. The van der Waals surface area contributed by atoms with Gasteiger partial charge in [0.05, 0.1) is 12.8 Å². The van der Waals surface area contributed by atoms with Crippen molar-refractivity contribution in [2.45, 2.75) is 25.0 Å². The first-order chi connectivity index (χ1) is 8.07. The van der Waals surface area contributed by atoms with Crippen LogP contribution in [0.4, 0.5) is 0 Å². The van der Waals surface area contributed by atoms with Gasteiger partial charge >= 0.3 is 83.0 Å². The standard InChI is InChI=1S/2C4H6O5.2Na.H2O.2H/c2*5-2(4(8)9)1-3(6)7;;;;;/h2*2,5H,1H2,(H,6,7)(H,8,9);;;1H2;;. The van der Waals surface area contributed by atoms with Crippen molar-refractivity contribution >= 4 is 83.0 Å². The Bertz CT molecular complexity index is 300. The molecule has 0 aliphatic heterocycles. The second kappa shape index (κ2) is 17.8. The molecule has 2 atom stereocenters. The zero-order valence-corrected chi connectivity index (χ0v) is 9.39. The maximum atomic E-state index is 9.72. The Morgan fingerprint density at radius 2 is 0.857 bits per heavy atom. The molecule has 0 fully saturated rings. The molecule has 0 spiro atoms. The van der Waals surface area contributed by atoms with Crippen molar-refractivity contribution in [2.24, 2.45) is 0 Å². The summed E-state index contributed by atoms with van der Waals surface area (Å²) in [6.45, 7) is 0. The van der Waals surface area contributed by atoms with E-state index in [1.165, 1.54) is 0 Å². The van der Waals surface area contributed by atoms with Gasteiger partial charge in [0.2, 0.25) is 0 Å². The maximum absolute atomic E-state index is 9.72. The number of carbonyl (C=O) groups is 4. The summed E-state index contributed by atoms with van der Waals surface area (Å²) in [5.74, 6) is -5.69. The second-order valence-corrected chi connectivity index (χ2v) is 2.90. The number of carboxylic acid groups (broad SMARTS) is 4. The number of aliphatic hydroxyl groups is 2. The van der Waals surface area contributed by atoms with E-state index < -0.39 is 48.9 Å². The van der Waals surface area contributed by atoms with Gasteiger partial charge in [-0.05, 0) is 0 Å². The van der Waals surface area contributed by atoms with E-state index in [1.807, 2.05) is 0 Å². The van der Waals surface area contributed by atoms with Crippen LogP contribution in [0, 0.1) is 0 Å². The minimum atomic E-state index is -1.79. The fourth-order valence-corrected chi connectivity index (χ4v) is 0.505. The Balaban J connectivity index is -0.0000000711. The van der Waals surface area contributed by atoms with Crippen LogP contribution in [0.1, 0.15) is 12.8 Å². The molecular weight excluding hydrogens is 318 g/mol. The molecule has 0 aromatic carbocycles. The third-order valence-corrected chi connectivity index (χ3v) is 1.31. The van der Waals surface area contributed by atoms with Gasteiger partial charge in [0, 0.05) is 0 Å². The molecule has 0 bridgehead atoms. The monoisotopic (exact) mass is 334 g/mol. The summed E-state index contributed by atoms with van der Waals surface area (Å²) >= 11 is 0. The van der Waals surface area contributed by atoms with Crippen molar-refractivity contribution < 1.29 is 55.3 Å². The molecule has 116 valence electrons. The summed E-state index contributed by atoms with van der Waals surface area (Å²) in [5.41, 5.74) is 0. The van der Waals surface area contributed by atoms with Crippen molar-refractivity contribution in [1.82, 2.24) is 0 Å². The molecule has 0 heterocycles. The molecule has 0 saturated carbocycles. The van der Waals surface area contributed by atoms with E-state index in [0.717, 1.165) is 0 Å². The van der Waals surface area contributed by atoms with Crippen molar-refractivity contribution in [1.29, 1.82) is 0 Å². The van der Waals surface area contributed by atoms with Crippen LogP contribution in [0.15, 0.2) is 0 Å². The van der Waals surface area contributed by atoms with E-state index in [-0.39, 0.29) is 64.6 Å². The van der Waals surface area contributed by atoms with Crippen molar-refractivity contribution in [3.63, 3.8) is 0 Å². The molecule has 0 amide bonds. The number of aliphatic hydroxyl groups excluding tert-OH is 2. The van der Waals surface area contributed by atoms with Gasteiger partial charge in [-0.2, -0.15) is 0 Å². The predicted octanol–water partition coefficient (Wildman–Crippen LogP) is -4.31. The van der Waals surface area contributed by atoms with E-state index in [1.54, 1.807) is 0 Å². The Kier molecular flexibility index (Phi) is 27.7. The predicted molar refractivity (Wildman–Crippen MR) is 69.7 cm³/mol. The van der Waals surface area contributed by atoms with Gasteiger partial charge in [-0.1, -0.05) is 0 Å². The fourth-order valence-electron chi connectivity index (χ4n) is 0.505. The van der Waals surface area contributed by atoms with Gasteiger partial charge in [-0.15, -0.1) is 0 Å². The first-order valence-electron chi connectivity index (χ1n) is 4.33. The molecule has 21 heavy (non-hydrogen) atoms. The van der Waals surface area contributed by atoms with E-state index >= 15 is 0 Å². The second-order valence-electron chi connectivity index (χ2n) is 2.90. The number of hydrogen-bond donors (Lipinski definition) is 6. The number of aliphatic carboxylic acids is 4. The van der Waals surface area contributed by atoms with Gasteiger partial charge < -0.3 is 36.1 Å². The van der Waals surface area contributed by atoms with Crippen molar-refractivity contribution in [2.75, 3.05) is 0 Å². The number of carboxylic acids is 4. The van der Waals surface area contributed by atoms with Crippen LogP contribution in [-0.4, -0.2) is 131 Å². The van der Waals surface area contributed by atoms with Crippen molar-refractivity contribution in [3.05, 3.63) is 0 Å². The molecule has 0 aromatic rings. The topological polar surface area (TPSA) is 221 Å². The first kappa shape index (κ1) is 32.6. The number of hydrogen-bond acceptors (Lipinski definition) is 6. The summed E-state index contributed by atoms with van der Waals surface area (Å²) < 4.78 is 0. The Morgan fingerprint density at radius 1 is 0.667 bits per heavy atom. The zero-order valence-electron chi connectivity index (χ0n) is 9.39. The molecule has 0 aromatic heterocycles. The molecule has 0 rings (SSSR count). The molecule has 0 aliphatic carbocycles. The fraction of sp³-hybridized carbons (Fsp3) is 0.500. The van der Waals surface area contributed by atoms with Gasteiger partial charge in [-0.25, -0.2) is 9.59 Å². The molecule has 0 saturated heterocycles. The number of rotatable bonds is 6. The van der Waals surface area contributed by atoms with Gasteiger partial charge in [0.25, 0.3) is 0 Å². The molecule has 0 aliphatic rings. The summed E-state index contributed by atoms with van der Waals surface area (Å²) in [7, 11) is 0. The first-order valence-corrected chi connectivity index (χ1v) is 4.33. The summed E-state index contributed by atoms with van der Waals surface area (Å²) in [5, 5.41) is 48.3. The molecule has 2 unspecified atom stereocenters. The van der Waals surface area contributed by atoms with Crippen LogP contribution in [0.5, 0.6) is 0 Å². The van der Waals surface area contributed by atoms with Gasteiger partial charge in [-0.3, -0.25) is 9.59 Å². The third-order valence-electron chi connectivity index (χ3n) is 1.31. The van der Waals surface area contributed by atoms with Crippen LogP contribution in [0.3, 0.4) is 0 Å². The summed E-state index contributed by atoms with van der Waals surface area (Å²) in [4.78, 5) is 38.8. The average Bonchev–Trinajstić information content (AvgIpc) is 2.16. The average molecular weight is 334 g/mol. The van der Waals surface area contributed by atoms with Crippen molar-refractivity contribution in [3.8, 4) is 0 Å². The molecule has 11 nitrogen and oxygen atoms in total. The molecule has 13 heteroatoms. The Hall–Kier alpha value is -0.240. The quantitative estimate of drug-likeness (QED) is 0.256. The van der Waals surface area contributed by atoms with Gasteiger partial charge in [0.15, 0.2) is 12.2 Å².